The third-order valence-corrected chi connectivity index (χ3v) is 3.78. The molecule has 2 aliphatic rings. The summed E-state index contributed by atoms with van der Waals surface area (Å²) < 4.78 is 0. The van der Waals surface area contributed by atoms with Crippen molar-refractivity contribution in [3.63, 3.8) is 0 Å². The lowest BCUT2D eigenvalue weighted by Crippen LogP contribution is -2.55. The molecule has 17 heavy (non-hydrogen) atoms. The van der Waals surface area contributed by atoms with E-state index in [4.69, 9.17) is 11.6 Å². The first-order valence-electron chi connectivity index (χ1n) is 6.08. The van der Waals surface area contributed by atoms with Crippen LogP contribution in [-0.2, 0) is 0 Å². The van der Waals surface area contributed by atoms with E-state index in [-0.39, 0.29) is 0 Å². The predicted octanol–water partition coefficient (Wildman–Crippen LogP) is 2.02. The Morgan fingerprint density at radius 2 is 2.29 bits per heavy atom. The minimum Gasteiger partial charge on any atom is -0.361 e. The molecule has 0 amide bonds. The Kier molecular flexibility index (Phi) is 2.64. The van der Waals surface area contributed by atoms with Crippen LogP contribution in [0.3, 0.4) is 0 Å². The van der Waals surface area contributed by atoms with Gasteiger partial charge in [0.15, 0.2) is 5.82 Å². The first-order chi connectivity index (χ1) is 8.15. The Morgan fingerprint density at radius 1 is 1.47 bits per heavy atom. The van der Waals surface area contributed by atoms with Crippen LogP contribution in [0.4, 0.5) is 11.5 Å². The molecule has 1 aromatic rings. The van der Waals surface area contributed by atoms with Crippen LogP contribution in [0.25, 0.3) is 0 Å². The standard InChI is InChI=1S/C12H17ClN4/c1-8(2)16-3-4-17-11(7-16)15-10-5-9(13)6-14-12(10)17/h5-6,8,11,15H,3-4,7H2,1-2H3. The number of aromatic nitrogens is 1. The average molecular weight is 253 g/mol. The summed E-state index contributed by atoms with van der Waals surface area (Å²) in [5, 5.41) is 4.19. The van der Waals surface area contributed by atoms with E-state index >= 15 is 0 Å². The van der Waals surface area contributed by atoms with Crippen LogP contribution >= 0.6 is 11.6 Å². The molecule has 1 saturated heterocycles. The van der Waals surface area contributed by atoms with Crippen molar-refractivity contribution in [3.8, 4) is 0 Å². The molecular weight excluding hydrogens is 236 g/mol. The number of anilines is 2. The molecule has 0 aliphatic carbocycles. The molecule has 3 rings (SSSR count). The molecule has 1 fully saturated rings. The summed E-state index contributed by atoms with van der Waals surface area (Å²) in [4.78, 5) is 9.25. The lowest BCUT2D eigenvalue weighted by molar-refractivity contribution is 0.190. The third kappa shape index (κ3) is 1.85. The summed E-state index contributed by atoms with van der Waals surface area (Å²) in [6.45, 7) is 7.64. The van der Waals surface area contributed by atoms with Gasteiger partial charge in [-0.1, -0.05) is 11.6 Å². The van der Waals surface area contributed by atoms with E-state index in [9.17, 15) is 0 Å². The fourth-order valence-corrected chi connectivity index (χ4v) is 2.75. The number of hydrogen-bond donors (Lipinski definition) is 1. The van der Waals surface area contributed by atoms with Gasteiger partial charge in [-0.05, 0) is 19.9 Å². The van der Waals surface area contributed by atoms with Crippen LogP contribution in [0.2, 0.25) is 5.02 Å². The highest BCUT2D eigenvalue weighted by Gasteiger charge is 2.35. The van der Waals surface area contributed by atoms with E-state index in [1.807, 2.05) is 6.07 Å². The van der Waals surface area contributed by atoms with Gasteiger partial charge >= 0.3 is 0 Å². The van der Waals surface area contributed by atoms with Gasteiger partial charge in [0.1, 0.15) is 6.17 Å². The lowest BCUT2D eigenvalue weighted by Gasteiger charge is -2.39. The van der Waals surface area contributed by atoms with Crippen molar-refractivity contribution in [2.75, 3.05) is 29.9 Å². The van der Waals surface area contributed by atoms with Gasteiger partial charge in [-0.25, -0.2) is 4.98 Å². The Bertz CT molecular complexity index is 435. The van der Waals surface area contributed by atoms with Crippen molar-refractivity contribution in [3.05, 3.63) is 17.3 Å². The second-order valence-corrected chi connectivity index (χ2v) is 5.40. The minimum absolute atomic E-state index is 0.340. The zero-order chi connectivity index (χ0) is 12.0. The van der Waals surface area contributed by atoms with Gasteiger partial charge in [0, 0.05) is 31.9 Å². The van der Waals surface area contributed by atoms with Gasteiger partial charge < -0.3 is 10.2 Å². The monoisotopic (exact) mass is 252 g/mol. The maximum absolute atomic E-state index is 5.97. The third-order valence-electron chi connectivity index (χ3n) is 3.57. The van der Waals surface area contributed by atoms with Gasteiger partial charge in [0.25, 0.3) is 0 Å². The molecule has 0 radical (unpaired) electrons. The maximum atomic E-state index is 5.97. The van der Waals surface area contributed by atoms with Crippen LogP contribution in [0, 0.1) is 0 Å². The molecule has 92 valence electrons. The number of hydrogen-bond acceptors (Lipinski definition) is 4. The van der Waals surface area contributed by atoms with Gasteiger partial charge in [0.2, 0.25) is 0 Å². The number of rotatable bonds is 1. The summed E-state index contributed by atoms with van der Waals surface area (Å²) >= 11 is 5.97. The summed E-state index contributed by atoms with van der Waals surface area (Å²) in [7, 11) is 0. The number of fused-ring (bicyclic) bond motifs is 3. The first-order valence-corrected chi connectivity index (χ1v) is 6.46. The van der Waals surface area contributed by atoms with E-state index < -0.39 is 0 Å². The largest absolute Gasteiger partial charge is 0.361 e. The van der Waals surface area contributed by atoms with Crippen LogP contribution in [0.5, 0.6) is 0 Å². The molecule has 1 atom stereocenters. The van der Waals surface area contributed by atoms with Gasteiger partial charge in [-0.3, -0.25) is 4.90 Å². The van der Waals surface area contributed by atoms with E-state index in [1.165, 1.54) is 0 Å². The number of halogens is 1. The highest BCUT2D eigenvalue weighted by atomic mass is 35.5. The summed E-state index contributed by atoms with van der Waals surface area (Å²) in [5.74, 6) is 1.04. The summed E-state index contributed by atoms with van der Waals surface area (Å²) in [6.07, 6.45) is 2.06. The zero-order valence-corrected chi connectivity index (χ0v) is 10.9. The number of nitrogens with zero attached hydrogens (tertiary/aromatic N) is 3. The summed E-state index contributed by atoms with van der Waals surface area (Å²) in [5.41, 5.74) is 1.06. The molecule has 1 N–H and O–H groups in total. The average Bonchev–Trinajstić information content (AvgIpc) is 2.64. The van der Waals surface area contributed by atoms with E-state index in [0.717, 1.165) is 31.1 Å². The normalized spacial score (nSPS) is 23.5. The van der Waals surface area contributed by atoms with Crippen molar-refractivity contribution < 1.29 is 0 Å². The SMILES string of the molecule is CC(C)N1CCN2c3ncc(Cl)cc3NC2C1. The van der Waals surface area contributed by atoms with E-state index in [1.54, 1.807) is 6.20 Å². The number of pyridine rings is 1. The highest BCUT2D eigenvalue weighted by molar-refractivity contribution is 6.30. The van der Waals surface area contributed by atoms with E-state index in [0.29, 0.717) is 17.2 Å². The van der Waals surface area contributed by atoms with Crippen molar-refractivity contribution in [2.24, 2.45) is 0 Å². The van der Waals surface area contributed by atoms with Crippen molar-refractivity contribution in [2.45, 2.75) is 26.1 Å². The lowest BCUT2D eigenvalue weighted by atomic mass is 10.2. The molecule has 1 aromatic heterocycles. The molecule has 0 bridgehead atoms. The first kappa shape index (κ1) is 11.1. The Labute approximate surface area is 107 Å². The Morgan fingerprint density at radius 3 is 3.06 bits per heavy atom. The van der Waals surface area contributed by atoms with Crippen molar-refractivity contribution in [1.29, 1.82) is 0 Å². The molecule has 0 saturated carbocycles. The molecular formula is C12H17ClN4. The van der Waals surface area contributed by atoms with Crippen LogP contribution in [0.15, 0.2) is 12.3 Å². The Hall–Kier alpha value is -1.00. The van der Waals surface area contributed by atoms with Crippen molar-refractivity contribution in [1.82, 2.24) is 9.88 Å². The smallest absolute Gasteiger partial charge is 0.153 e. The molecule has 2 aliphatic heterocycles. The quantitative estimate of drug-likeness (QED) is 0.829. The molecule has 0 aromatic carbocycles. The molecule has 0 spiro atoms. The highest BCUT2D eigenvalue weighted by Crippen LogP contribution is 2.35. The number of nitrogens with one attached hydrogen (secondary N) is 1. The molecule has 3 heterocycles. The summed E-state index contributed by atoms with van der Waals surface area (Å²) in [6, 6.07) is 2.56. The minimum atomic E-state index is 0.340. The maximum Gasteiger partial charge on any atom is 0.153 e. The van der Waals surface area contributed by atoms with Crippen molar-refractivity contribution >= 4 is 23.1 Å². The van der Waals surface area contributed by atoms with E-state index in [2.05, 4.69) is 33.9 Å². The second-order valence-electron chi connectivity index (χ2n) is 4.97. The van der Waals surface area contributed by atoms with Crippen LogP contribution < -0.4 is 10.2 Å². The molecule has 4 nitrogen and oxygen atoms in total. The Balaban J connectivity index is 1.84. The van der Waals surface area contributed by atoms with Gasteiger partial charge in [0.05, 0.1) is 10.7 Å². The van der Waals surface area contributed by atoms with Crippen LogP contribution in [0.1, 0.15) is 13.8 Å². The fourth-order valence-electron chi connectivity index (χ4n) is 2.60. The number of piperazine rings is 1. The second kappa shape index (κ2) is 4.03. The van der Waals surface area contributed by atoms with Gasteiger partial charge in [-0.15, -0.1) is 0 Å². The zero-order valence-electron chi connectivity index (χ0n) is 10.2. The van der Waals surface area contributed by atoms with Crippen LogP contribution in [-0.4, -0.2) is 41.7 Å². The van der Waals surface area contributed by atoms with Gasteiger partial charge in [-0.2, -0.15) is 0 Å². The fraction of sp³-hybridized carbons (Fsp3) is 0.583. The topological polar surface area (TPSA) is 31.4 Å². The molecule has 1 unspecified atom stereocenters. The predicted molar refractivity (Wildman–Crippen MR) is 70.7 cm³/mol. The molecule has 5 heteroatoms.